The van der Waals surface area contributed by atoms with Crippen LogP contribution < -0.4 is 4.90 Å². The van der Waals surface area contributed by atoms with Crippen LogP contribution in [0.4, 0.5) is 5.69 Å². The monoisotopic (exact) mass is 259 g/mol. The lowest BCUT2D eigenvalue weighted by Crippen LogP contribution is -2.44. The second-order valence-corrected chi connectivity index (χ2v) is 4.73. The van der Waals surface area contributed by atoms with Gasteiger partial charge in [0, 0.05) is 29.2 Å². The van der Waals surface area contributed by atoms with E-state index < -0.39 is 0 Å². The van der Waals surface area contributed by atoms with Crippen molar-refractivity contribution in [2.75, 3.05) is 24.7 Å². The molecule has 1 aromatic carbocycles. The van der Waals surface area contributed by atoms with Crippen molar-refractivity contribution in [1.82, 2.24) is 0 Å². The van der Waals surface area contributed by atoms with Crippen LogP contribution in [-0.4, -0.2) is 25.8 Å². The lowest BCUT2D eigenvalue weighted by molar-refractivity contribution is 0.0989. The summed E-state index contributed by atoms with van der Waals surface area (Å²) in [5, 5.41) is 0.752. The second kappa shape index (κ2) is 5.26. The molecule has 88 valence electrons. The van der Waals surface area contributed by atoms with Crippen molar-refractivity contribution in [3.05, 3.63) is 28.8 Å². The third-order valence-electron chi connectivity index (χ3n) is 2.87. The third-order valence-corrected chi connectivity index (χ3v) is 3.39. The van der Waals surface area contributed by atoms with Gasteiger partial charge in [-0.2, -0.15) is 0 Å². The number of anilines is 1. The minimum atomic E-state index is 0.370. The van der Waals surface area contributed by atoms with Gasteiger partial charge in [-0.15, -0.1) is 11.6 Å². The summed E-state index contributed by atoms with van der Waals surface area (Å²) >= 11 is 12.0. The molecule has 1 aliphatic rings. The van der Waals surface area contributed by atoms with Crippen molar-refractivity contribution in [3.63, 3.8) is 0 Å². The number of ether oxygens (including phenoxy) is 1. The molecular formula is C12H15Cl2NO. The average Bonchev–Trinajstić information content (AvgIpc) is 2.29. The number of hydrogen-bond acceptors (Lipinski definition) is 2. The zero-order valence-electron chi connectivity index (χ0n) is 9.25. The maximum Gasteiger partial charge on any atom is 0.0668 e. The highest BCUT2D eigenvalue weighted by Gasteiger charge is 2.21. The fourth-order valence-corrected chi connectivity index (χ4v) is 2.39. The summed E-state index contributed by atoms with van der Waals surface area (Å²) in [6.45, 7) is 4.57. The van der Waals surface area contributed by atoms with E-state index in [9.17, 15) is 0 Å². The molecule has 0 saturated carbocycles. The van der Waals surface area contributed by atoms with Gasteiger partial charge in [0.1, 0.15) is 0 Å². The molecule has 1 aliphatic heterocycles. The van der Waals surface area contributed by atoms with Crippen molar-refractivity contribution in [3.8, 4) is 0 Å². The predicted molar refractivity (Wildman–Crippen MR) is 68.6 cm³/mol. The Balaban J connectivity index is 2.33. The molecule has 16 heavy (non-hydrogen) atoms. The maximum absolute atomic E-state index is 6.04. The Bertz CT molecular complexity index is 370. The lowest BCUT2D eigenvalue weighted by Gasteiger charge is -2.36. The highest BCUT2D eigenvalue weighted by atomic mass is 35.5. The molecule has 0 aliphatic carbocycles. The van der Waals surface area contributed by atoms with E-state index in [2.05, 4.69) is 11.8 Å². The maximum atomic E-state index is 6.04. The van der Waals surface area contributed by atoms with Crippen LogP contribution >= 0.6 is 23.2 Å². The van der Waals surface area contributed by atoms with Crippen LogP contribution in [0.15, 0.2) is 18.2 Å². The minimum Gasteiger partial charge on any atom is -0.377 e. The van der Waals surface area contributed by atoms with Crippen molar-refractivity contribution in [1.29, 1.82) is 0 Å². The first-order valence-electron chi connectivity index (χ1n) is 5.41. The van der Waals surface area contributed by atoms with Gasteiger partial charge in [0.05, 0.1) is 13.2 Å². The molecule has 1 fully saturated rings. The zero-order chi connectivity index (χ0) is 11.5. The van der Waals surface area contributed by atoms with Gasteiger partial charge < -0.3 is 9.64 Å². The summed E-state index contributed by atoms with van der Waals surface area (Å²) in [4.78, 5) is 2.31. The highest BCUT2D eigenvalue weighted by molar-refractivity contribution is 6.31. The molecule has 0 amide bonds. The molecular weight excluding hydrogens is 245 g/mol. The first kappa shape index (κ1) is 12.0. The number of alkyl halides is 1. The number of benzene rings is 1. The molecule has 0 spiro atoms. The largest absolute Gasteiger partial charge is 0.377 e. The van der Waals surface area contributed by atoms with Crippen molar-refractivity contribution >= 4 is 28.9 Å². The molecule has 0 radical (unpaired) electrons. The first-order chi connectivity index (χ1) is 7.72. The fraction of sp³-hybridized carbons (Fsp3) is 0.500. The van der Waals surface area contributed by atoms with Gasteiger partial charge in [0.15, 0.2) is 0 Å². The van der Waals surface area contributed by atoms with E-state index in [0.717, 1.165) is 36.0 Å². The third kappa shape index (κ3) is 2.45. The molecule has 0 aromatic heterocycles. The molecule has 2 nitrogen and oxygen atoms in total. The molecule has 1 heterocycles. The molecule has 1 saturated heterocycles. The van der Waals surface area contributed by atoms with Crippen LogP contribution in [0.3, 0.4) is 0 Å². The van der Waals surface area contributed by atoms with Crippen molar-refractivity contribution < 1.29 is 4.74 Å². The predicted octanol–water partition coefficient (Wildman–Crippen LogP) is 3.30. The molecule has 1 aromatic rings. The van der Waals surface area contributed by atoms with Crippen LogP contribution in [0.2, 0.25) is 5.02 Å². The van der Waals surface area contributed by atoms with E-state index in [0.29, 0.717) is 11.9 Å². The Hall–Kier alpha value is -0.440. The van der Waals surface area contributed by atoms with E-state index >= 15 is 0 Å². The van der Waals surface area contributed by atoms with Gasteiger partial charge in [-0.25, -0.2) is 0 Å². The molecule has 1 unspecified atom stereocenters. The average molecular weight is 260 g/mol. The van der Waals surface area contributed by atoms with Crippen LogP contribution in [0, 0.1) is 0 Å². The Morgan fingerprint density at radius 3 is 3.00 bits per heavy atom. The first-order valence-corrected chi connectivity index (χ1v) is 6.32. The fourth-order valence-electron chi connectivity index (χ4n) is 2.00. The minimum absolute atomic E-state index is 0.370. The lowest BCUT2D eigenvalue weighted by atomic mass is 10.1. The Morgan fingerprint density at radius 1 is 1.50 bits per heavy atom. The van der Waals surface area contributed by atoms with E-state index in [4.69, 9.17) is 27.9 Å². The topological polar surface area (TPSA) is 12.5 Å². The van der Waals surface area contributed by atoms with Crippen LogP contribution in [-0.2, 0) is 10.6 Å². The van der Waals surface area contributed by atoms with Crippen molar-refractivity contribution in [2.24, 2.45) is 0 Å². The molecule has 2 rings (SSSR count). The summed E-state index contributed by atoms with van der Waals surface area (Å²) in [5.41, 5.74) is 2.26. The summed E-state index contributed by atoms with van der Waals surface area (Å²) in [6, 6.07) is 6.23. The van der Waals surface area contributed by atoms with E-state index in [1.54, 1.807) is 0 Å². The summed E-state index contributed by atoms with van der Waals surface area (Å²) < 4.78 is 5.43. The van der Waals surface area contributed by atoms with Crippen molar-refractivity contribution in [2.45, 2.75) is 18.8 Å². The number of rotatable bonds is 2. The van der Waals surface area contributed by atoms with Crippen LogP contribution in [0.1, 0.15) is 12.5 Å². The second-order valence-electron chi connectivity index (χ2n) is 4.02. The SMILES string of the molecule is CC1COCCN1c1cc(Cl)ccc1CCl. The Labute approximate surface area is 106 Å². The number of hydrogen-bond donors (Lipinski definition) is 0. The van der Waals surface area contributed by atoms with E-state index in [1.807, 2.05) is 18.2 Å². The number of nitrogens with zero attached hydrogens (tertiary/aromatic N) is 1. The highest BCUT2D eigenvalue weighted by Crippen LogP contribution is 2.28. The molecule has 0 bridgehead atoms. The van der Waals surface area contributed by atoms with Crippen LogP contribution in [0.25, 0.3) is 0 Å². The van der Waals surface area contributed by atoms with Gasteiger partial charge in [0.25, 0.3) is 0 Å². The summed E-state index contributed by atoms with van der Waals surface area (Å²) in [5.74, 6) is 0.510. The molecule has 0 N–H and O–H groups in total. The molecule has 4 heteroatoms. The quantitative estimate of drug-likeness (QED) is 0.756. The van der Waals surface area contributed by atoms with Gasteiger partial charge in [-0.05, 0) is 24.6 Å². The standard InChI is InChI=1S/C12H15Cl2NO/c1-9-8-16-5-4-15(9)12-6-11(14)3-2-10(12)7-13/h2-3,6,9H,4-5,7-8H2,1H3. The summed E-state index contributed by atoms with van der Waals surface area (Å²) in [7, 11) is 0. The Morgan fingerprint density at radius 2 is 2.31 bits per heavy atom. The van der Waals surface area contributed by atoms with Gasteiger partial charge in [-0.1, -0.05) is 17.7 Å². The van der Waals surface area contributed by atoms with Gasteiger partial charge in [-0.3, -0.25) is 0 Å². The van der Waals surface area contributed by atoms with E-state index in [-0.39, 0.29) is 0 Å². The molecule has 1 atom stereocenters. The van der Waals surface area contributed by atoms with Gasteiger partial charge >= 0.3 is 0 Å². The summed E-state index contributed by atoms with van der Waals surface area (Å²) in [6.07, 6.45) is 0. The normalized spacial score (nSPS) is 21.2. The smallest absolute Gasteiger partial charge is 0.0668 e. The number of morpholine rings is 1. The Kier molecular flexibility index (Phi) is 3.95. The zero-order valence-corrected chi connectivity index (χ0v) is 10.8. The van der Waals surface area contributed by atoms with Gasteiger partial charge in [0.2, 0.25) is 0 Å². The van der Waals surface area contributed by atoms with E-state index in [1.165, 1.54) is 0 Å². The number of halogens is 2. The van der Waals surface area contributed by atoms with Crippen LogP contribution in [0.5, 0.6) is 0 Å².